The van der Waals surface area contributed by atoms with Crippen LogP contribution in [0, 0.1) is 5.92 Å². The van der Waals surface area contributed by atoms with Crippen LogP contribution in [0.4, 0.5) is 0 Å². The second-order valence-corrected chi connectivity index (χ2v) is 6.80. The highest BCUT2D eigenvalue weighted by Crippen LogP contribution is 2.28. The lowest BCUT2D eigenvalue weighted by atomic mass is 9.96. The maximum absolute atomic E-state index is 12.7. The van der Waals surface area contributed by atoms with Crippen molar-refractivity contribution in [2.24, 2.45) is 5.92 Å². The summed E-state index contributed by atoms with van der Waals surface area (Å²) >= 11 is 0. The van der Waals surface area contributed by atoms with Crippen LogP contribution < -0.4 is 5.32 Å². The van der Waals surface area contributed by atoms with Crippen molar-refractivity contribution in [3.05, 3.63) is 35.4 Å². The number of imide groups is 1. The summed E-state index contributed by atoms with van der Waals surface area (Å²) in [6.45, 7) is 5.23. The summed E-state index contributed by atoms with van der Waals surface area (Å²) in [5, 5.41) is 2.89. The molecule has 0 bridgehead atoms. The number of nitrogens with zero attached hydrogens (tertiary/aromatic N) is 2. The number of hydrogen-bond donors (Lipinski definition) is 1. The first-order valence-corrected chi connectivity index (χ1v) is 8.77. The minimum Gasteiger partial charge on any atom is -0.354 e. The molecule has 0 aromatic heterocycles. The third-order valence-electron chi connectivity index (χ3n) is 4.64. The van der Waals surface area contributed by atoms with Gasteiger partial charge in [-0.05, 0) is 45.1 Å². The molecule has 1 aromatic carbocycles. The molecule has 6 heteroatoms. The Morgan fingerprint density at radius 3 is 2.20 bits per heavy atom. The summed E-state index contributed by atoms with van der Waals surface area (Å²) in [5.41, 5.74) is 0.752. The van der Waals surface area contributed by atoms with Crippen molar-refractivity contribution in [1.82, 2.24) is 15.1 Å². The molecule has 0 aliphatic carbocycles. The molecule has 1 aliphatic rings. The van der Waals surface area contributed by atoms with E-state index in [1.165, 1.54) is 0 Å². The van der Waals surface area contributed by atoms with Gasteiger partial charge in [-0.1, -0.05) is 32.4 Å². The molecule has 0 saturated heterocycles. The number of amides is 3. The van der Waals surface area contributed by atoms with Gasteiger partial charge in [-0.3, -0.25) is 19.3 Å². The summed E-state index contributed by atoms with van der Waals surface area (Å²) in [7, 11) is 3.95. The van der Waals surface area contributed by atoms with Gasteiger partial charge in [0.25, 0.3) is 11.8 Å². The molecular weight excluding hydrogens is 318 g/mol. The van der Waals surface area contributed by atoms with Crippen LogP contribution in [0.3, 0.4) is 0 Å². The molecular formula is C19H27N3O3. The molecule has 0 fully saturated rings. The van der Waals surface area contributed by atoms with Gasteiger partial charge < -0.3 is 10.2 Å². The first-order chi connectivity index (χ1) is 11.9. The predicted octanol–water partition coefficient (Wildman–Crippen LogP) is 1.77. The van der Waals surface area contributed by atoms with Gasteiger partial charge in [0.15, 0.2) is 0 Å². The lowest BCUT2D eigenvalue weighted by Gasteiger charge is -2.29. The molecule has 1 heterocycles. The Bertz CT molecular complexity index is 622. The van der Waals surface area contributed by atoms with E-state index >= 15 is 0 Å². The topological polar surface area (TPSA) is 69.7 Å². The summed E-state index contributed by atoms with van der Waals surface area (Å²) in [4.78, 5) is 41.4. The van der Waals surface area contributed by atoms with Crippen LogP contribution in [-0.2, 0) is 4.79 Å². The molecule has 1 N–H and O–H groups in total. The van der Waals surface area contributed by atoms with E-state index in [4.69, 9.17) is 0 Å². The first kappa shape index (κ1) is 19.1. The quantitative estimate of drug-likeness (QED) is 0.576. The third-order valence-corrected chi connectivity index (χ3v) is 4.64. The Kier molecular flexibility index (Phi) is 6.31. The minimum absolute atomic E-state index is 0.115. The van der Waals surface area contributed by atoms with Crippen molar-refractivity contribution in [2.75, 3.05) is 27.2 Å². The van der Waals surface area contributed by atoms with Crippen molar-refractivity contribution >= 4 is 17.7 Å². The maximum atomic E-state index is 12.7. The van der Waals surface area contributed by atoms with Crippen molar-refractivity contribution in [1.29, 1.82) is 0 Å². The van der Waals surface area contributed by atoms with E-state index < -0.39 is 6.04 Å². The molecule has 2 atom stereocenters. The Morgan fingerprint density at radius 2 is 1.72 bits per heavy atom. The van der Waals surface area contributed by atoms with Crippen LogP contribution in [0.2, 0.25) is 0 Å². The minimum atomic E-state index is -0.781. The average Bonchev–Trinajstić information content (AvgIpc) is 2.84. The van der Waals surface area contributed by atoms with E-state index in [0.29, 0.717) is 24.1 Å². The Hall–Kier alpha value is -2.21. The highest BCUT2D eigenvalue weighted by atomic mass is 16.2. The zero-order valence-electron chi connectivity index (χ0n) is 15.4. The summed E-state index contributed by atoms with van der Waals surface area (Å²) < 4.78 is 0. The number of carbonyl (C=O) groups excluding carboxylic acids is 3. The van der Waals surface area contributed by atoms with Gasteiger partial charge in [0, 0.05) is 6.54 Å². The summed E-state index contributed by atoms with van der Waals surface area (Å²) in [6, 6.07) is 5.95. The molecule has 1 aromatic rings. The first-order valence-electron chi connectivity index (χ1n) is 8.77. The Balaban J connectivity index is 2.17. The van der Waals surface area contributed by atoms with Crippen LogP contribution in [-0.4, -0.2) is 60.7 Å². The zero-order chi connectivity index (χ0) is 18.6. The number of nitrogens with one attached hydrogen (secondary N) is 1. The largest absolute Gasteiger partial charge is 0.354 e. The molecule has 136 valence electrons. The van der Waals surface area contributed by atoms with E-state index in [-0.39, 0.29) is 23.6 Å². The molecule has 0 radical (unpaired) electrons. The van der Waals surface area contributed by atoms with Gasteiger partial charge in [-0.25, -0.2) is 0 Å². The van der Waals surface area contributed by atoms with Crippen LogP contribution in [0.15, 0.2) is 24.3 Å². The standard InChI is InChI=1S/C19H27N3O3/c1-5-13(2)16(17(23)20-11-8-12-21(3)4)22-18(24)14-9-6-7-10-15(14)19(22)25/h6-7,9-10,13,16H,5,8,11-12H2,1-4H3,(H,20,23). The van der Waals surface area contributed by atoms with Gasteiger partial charge in [-0.2, -0.15) is 0 Å². The lowest BCUT2D eigenvalue weighted by molar-refractivity contribution is -0.126. The number of fused-ring (bicyclic) bond motifs is 1. The summed E-state index contributed by atoms with van der Waals surface area (Å²) in [6.07, 6.45) is 1.51. The molecule has 2 unspecified atom stereocenters. The van der Waals surface area contributed by atoms with E-state index in [1.807, 2.05) is 32.8 Å². The van der Waals surface area contributed by atoms with Gasteiger partial charge in [0.05, 0.1) is 11.1 Å². The highest BCUT2D eigenvalue weighted by Gasteiger charge is 2.44. The van der Waals surface area contributed by atoms with Crippen LogP contribution >= 0.6 is 0 Å². The molecule has 0 spiro atoms. The van der Waals surface area contributed by atoms with Gasteiger partial charge in [0.1, 0.15) is 6.04 Å². The second-order valence-electron chi connectivity index (χ2n) is 6.80. The van der Waals surface area contributed by atoms with Gasteiger partial charge in [-0.15, -0.1) is 0 Å². The molecule has 2 rings (SSSR count). The highest BCUT2D eigenvalue weighted by molar-refractivity contribution is 6.22. The van der Waals surface area contributed by atoms with E-state index in [9.17, 15) is 14.4 Å². The number of hydrogen-bond acceptors (Lipinski definition) is 4. The van der Waals surface area contributed by atoms with Crippen molar-refractivity contribution in [3.63, 3.8) is 0 Å². The fourth-order valence-electron chi connectivity index (χ4n) is 3.03. The lowest BCUT2D eigenvalue weighted by Crippen LogP contribution is -2.53. The van der Waals surface area contributed by atoms with Gasteiger partial charge in [0.2, 0.25) is 5.91 Å². The third kappa shape index (κ3) is 4.07. The zero-order valence-corrected chi connectivity index (χ0v) is 15.4. The molecule has 6 nitrogen and oxygen atoms in total. The Morgan fingerprint density at radius 1 is 1.16 bits per heavy atom. The summed E-state index contributed by atoms with van der Waals surface area (Å²) in [5.74, 6) is -1.14. The number of rotatable bonds is 8. The van der Waals surface area contributed by atoms with Crippen LogP contribution in [0.25, 0.3) is 0 Å². The molecule has 3 amide bonds. The maximum Gasteiger partial charge on any atom is 0.262 e. The number of carbonyl (C=O) groups is 3. The monoisotopic (exact) mass is 345 g/mol. The molecule has 0 saturated carbocycles. The second kappa shape index (κ2) is 8.25. The van der Waals surface area contributed by atoms with Gasteiger partial charge >= 0.3 is 0 Å². The van der Waals surface area contributed by atoms with Crippen molar-refractivity contribution < 1.29 is 14.4 Å². The predicted molar refractivity (Wildman–Crippen MR) is 96.4 cm³/mol. The Labute approximate surface area is 149 Å². The van der Waals surface area contributed by atoms with Crippen molar-refractivity contribution in [2.45, 2.75) is 32.7 Å². The van der Waals surface area contributed by atoms with Crippen molar-refractivity contribution in [3.8, 4) is 0 Å². The molecule has 1 aliphatic heterocycles. The molecule has 25 heavy (non-hydrogen) atoms. The van der Waals surface area contributed by atoms with Crippen LogP contribution in [0.1, 0.15) is 47.4 Å². The van der Waals surface area contributed by atoms with Crippen LogP contribution in [0.5, 0.6) is 0 Å². The van der Waals surface area contributed by atoms with E-state index in [0.717, 1.165) is 17.9 Å². The smallest absolute Gasteiger partial charge is 0.262 e. The average molecular weight is 345 g/mol. The van der Waals surface area contributed by atoms with E-state index in [1.54, 1.807) is 24.3 Å². The number of benzene rings is 1. The normalized spacial score (nSPS) is 16.1. The fourth-order valence-corrected chi connectivity index (χ4v) is 3.03. The fraction of sp³-hybridized carbons (Fsp3) is 0.526. The van der Waals surface area contributed by atoms with E-state index in [2.05, 4.69) is 5.32 Å². The SMILES string of the molecule is CCC(C)C(C(=O)NCCCN(C)C)N1C(=O)c2ccccc2C1=O.